The highest BCUT2D eigenvalue weighted by Crippen LogP contribution is 2.15. The van der Waals surface area contributed by atoms with E-state index in [1.54, 1.807) is 17.3 Å². The van der Waals surface area contributed by atoms with E-state index in [0.29, 0.717) is 13.1 Å². The normalized spacial score (nSPS) is 18.8. The third-order valence-electron chi connectivity index (χ3n) is 3.73. The molecule has 0 spiro atoms. The van der Waals surface area contributed by atoms with Crippen molar-refractivity contribution in [2.75, 3.05) is 13.1 Å². The number of hydrogen-bond acceptors (Lipinski definition) is 4. The van der Waals surface area contributed by atoms with Crippen LogP contribution in [0.1, 0.15) is 45.7 Å². The largest absolute Gasteiger partial charge is 0.444 e. The highest BCUT2D eigenvalue weighted by Gasteiger charge is 2.30. The van der Waals surface area contributed by atoms with Crippen LogP contribution in [-0.2, 0) is 4.74 Å². The SMILES string of the molecule is C[C@H](NC(=O)N[C@H]1CCN(C(=O)OC(C)(C)C)C1)c1ccncc1. The molecule has 2 atom stereocenters. The molecule has 0 aliphatic carbocycles. The van der Waals surface area contributed by atoms with Crippen molar-refractivity contribution < 1.29 is 14.3 Å². The molecule has 2 heterocycles. The topological polar surface area (TPSA) is 83.6 Å². The summed E-state index contributed by atoms with van der Waals surface area (Å²) in [6.45, 7) is 8.47. The molecule has 1 aromatic heterocycles. The zero-order valence-electron chi connectivity index (χ0n) is 14.7. The maximum atomic E-state index is 12.1. The average Bonchev–Trinajstić information content (AvgIpc) is 2.95. The van der Waals surface area contributed by atoms with Crippen molar-refractivity contribution in [1.29, 1.82) is 0 Å². The first kappa shape index (κ1) is 18.0. The van der Waals surface area contributed by atoms with Gasteiger partial charge in [-0.2, -0.15) is 0 Å². The van der Waals surface area contributed by atoms with Crippen LogP contribution in [0.5, 0.6) is 0 Å². The number of nitrogens with zero attached hydrogens (tertiary/aromatic N) is 2. The Bertz CT molecular complexity index is 571. The maximum absolute atomic E-state index is 12.1. The Morgan fingerprint density at radius 2 is 2.00 bits per heavy atom. The molecule has 3 amide bonds. The highest BCUT2D eigenvalue weighted by molar-refractivity contribution is 5.75. The lowest BCUT2D eigenvalue weighted by Crippen LogP contribution is -2.45. The lowest BCUT2D eigenvalue weighted by molar-refractivity contribution is 0.0291. The summed E-state index contributed by atoms with van der Waals surface area (Å²) in [6.07, 6.45) is 3.77. The molecule has 1 saturated heterocycles. The van der Waals surface area contributed by atoms with E-state index < -0.39 is 5.60 Å². The van der Waals surface area contributed by atoms with Crippen molar-refractivity contribution >= 4 is 12.1 Å². The molecular formula is C17H26N4O3. The molecule has 1 aliphatic rings. The summed E-state index contributed by atoms with van der Waals surface area (Å²) in [6, 6.07) is 3.31. The van der Waals surface area contributed by atoms with Gasteiger partial charge in [-0.05, 0) is 51.8 Å². The average molecular weight is 334 g/mol. The molecule has 0 aromatic carbocycles. The lowest BCUT2D eigenvalue weighted by atomic mass is 10.1. The Labute approximate surface area is 142 Å². The Kier molecular flexibility index (Phi) is 5.64. The summed E-state index contributed by atoms with van der Waals surface area (Å²) >= 11 is 0. The van der Waals surface area contributed by atoms with Crippen molar-refractivity contribution in [3.05, 3.63) is 30.1 Å². The summed E-state index contributed by atoms with van der Waals surface area (Å²) in [7, 11) is 0. The number of hydrogen-bond donors (Lipinski definition) is 2. The van der Waals surface area contributed by atoms with Crippen molar-refractivity contribution in [1.82, 2.24) is 20.5 Å². The van der Waals surface area contributed by atoms with E-state index in [2.05, 4.69) is 15.6 Å². The number of ether oxygens (including phenoxy) is 1. The second-order valence-electron chi connectivity index (χ2n) is 7.03. The Morgan fingerprint density at radius 1 is 1.33 bits per heavy atom. The number of likely N-dealkylation sites (tertiary alicyclic amines) is 1. The van der Waals surface area contributed by atoms with Crippen LogP contribution in [0.25, 0.3) is 0 Å². The molecule has 132 valence electrons. The molecule has 24 heavy (non-hydrogen) atoms. The number of carbonyl (C=O) groups excluding carboxylic acids is 2. The summed E-state index contributed by atoms with van der Waals surface area (Å²) < 4.78 is 5.35. The molecule has 1 fully saturated rings. The van der Waals surface area contributed by atoms with Gasteiger partial charge in [-0.3, -0.25) is 4.98 Å². The van der Waals surface area contributed by atoms with Gasteiger partial charge in [0.2, 0.25) is 0 Å². The van der Waals surface area contributed by atoms with Gasteiger partial charge in [0, 0.05) is 31.5 Å². The van der Waals surface area contributed by atoms with Crippen molar-refractivity contribution in [2.24, 2.45) is 0 Å². The van der Waals surface area contributed by atoms with Gasteiger partial charge >= 0.3 is 12.1 Å². The van der Waals surface area contributed by atoms with E-state index in [1.165, 1.54) is 0 Å². The molecular weight excluding hydrogens is 308 g/mol. The Balaban J connectivity index is 1.78. The Hall–Kier alpha value is -2.31. The minimum atomic E-state index is -0.514. The third-order valence-corrected chi connectivity index (χ3v) is 3.73. The number of pyridine rings is 1. The molecule has 2 rings (SSSR count). The number of aromatic nitrogens is 1. The molecule has 0 saturated carbocycles. The predicted molar refractivity (Wildman–Crippen MR) is 90.5 cm³/mol. The second kappa shape index (κ2) is 7.51. The molecule has 7 heteroatoms. The highest BCUT2D eigenvalue weighted by atomic mass is 16.6. The van der Waals surface area contributed by atoms with Crippen molar-refractivity contribution in [3.8, 4) is 0 Å². The smallest absolute Gasteiger partial charge is 0.410 e. The van der Waals surface area contributed by atoms with Crippen LogP contribution in [0.2, 0.25) is 0 Å². The van der Waals surface area contributed by atoms with Gasteiger partial charge in [0.15, 0.2) is 0 Å². The number of rotatable bonds is 3. The van der Waals surface area contributed by atoms with Crippen LogP contribution < -0.4 is 10.6 Å². The standard InChI is InChI=1S/C17H26N4O3/c1-12(13-5-8-18-9-6-13)19-15(22)20-14-7-10-21(11-14)16(23)24-17(2,3)4/h5-6,8-9,12,14H,7,10-11H2,1-4H3,(H2,19,20,22)/t12-,14-/m0/s1. The number of carbonyl (C=O) groups is 2. The summed E-state index contributed by atoms with van der Waals surface area (Å²) in [4.78, 5) is 29.7. The van der Waals surface area contributed by atoms with Crippen LogP contribution in [-0.4, -0.2) is 46.7 Å². The van der Waals surface area contributed by atoms with Crippen LogP contribution in [0.4, 0.5) is 9.59 Å². The zero-order chi connectivity index (χ0) is 17.7. The fourth-order valence-corrected chi connectivity index (χ4v) is 2.53. The molecule has 2 N–H and O–H groups in total. The van der Waals surface area contributed by atoms with E-state index in [0.717, 1.165) is 12.0 Å². The molecule has 7 nitrogen and oxygen atoms in total. The van der Waals surface area contributed by atoms with Crippen LogP contribution in [0, 0.1) is 0 Å². The van der Waals surface area contributed by atoms with E-state index in [1.807, 2.05) is 39.8 Å². The fourth-order valence-electron chi connectivity index (χ4n) is 2.53. The summed E-state index contributed by atoms with van der Waals surface area (Å²) in [5, 5.41) is 5.80. The first-order valence-corrected chi connectivity index (χ1v) is 8.19. The minimum absolute atomic E-state index is 0.0674. The van der Waals surface area contributed by atoms with Gasteiger partial charge in [0.25, 0.3) is 0 Å². The molecule has 1 aliphatic heterocycles. The first-order valence-electron chi connectivity index (χ1n) is 8.19. The lowest BCUT2D eigenvalue weighted by Gasteiger charge is -2.24. The zero-order valence-corrected chi connectivity index (χ0v) is 14.7. The molecule has 0 radical (unpaired) electrons. The first-order chi connectivity index (χ1) is 11.2. The predicted octanol–water partition coefficient (Wildman–Crippen LogP) is 2.45. The minimum Gasteiger partial charge on any atom is -0.444 e. The Morgan fingerprint density at radius 3 is 2.62 bits per heavy atom. The molecule has 0 bridgehead atoms. The molecule has 0 unspecified atom stereocenters. The van der Waals surface area contributed by atoms with Gasteiger partial charge in [-0.25, -0.2) is 9.59 Å². The van der Waals surface area contributed by atoms with Gasteiger partial charge < -0.3 is 20.3 Å². The van der Waals surface area contributed by atoms with Crippen LogP contribution in [0.3, 0.4) is 0 Å². The summed E-state index contributed by atoms with van der Waals surface area (Å²) in [5.74, 6) is 0. The summed E-state index contributed by atoms with van der Waals surface area (Å²) in [5.41, 5.74) is 0.474. The molecule has 1 aromatic rings. The van der Waals surface area contributed by atoms with Crippen LogP contribution >= 0.6 is 0 Å². The van der Waals surface area contributed by atoms with Gasteiger partial charge in [0.1, 0.15) is 5.60 Å². The van der Waals surface area contributed by atoms with Crippen LogP contribution in [0.15, 0.2) is 24.5 Å². The maximum Gasteiger partial charge on any atom is 0.410 e. The number of urea groups is 1. The second-order valence-corrected chi connectivity index (χ2v) is 7.03. The van der Waals surface area contributed by atoms with Gasteiger partial charge in [-0.15, -0.1) is 0 Å². The van der Waals surface area contributed by atoms with E-state index >= 15 is 0 Å². The fraction of sp³-hybridized carbons (Fsp3) is 0.588. The van der Waals surface area contributed by atoms with Gasteiger partial charge in [0.05, 0.1) is 6.04 Å². The van der Waals surface area contributed by atoms with Gasteiger partial charge in [-0.1, -0.05) is 0 Å². The van der Waals surface area contributed by atoms with Crippen molar-refractivity contribution in [2.45, 2.75) is 51.8 Å². The quantitative estimate of drug-likeness (QED) is 0.889. The number of amides is 3. The van der Waals surface area contributed by atoms with E-state index in [9.17, 15) is 9.59 Å². The monoisotopic (exact) mass is 334 g/mol. The third kappa shape index (κ3) is 5.40. The number of nitrogens with one attached hydrogen (secondary N) is 2. The van der Waals surface area contributed by atoms with Crippen molar-refractivity contribution in [3.63, 3.8) is 0 Å². The van der Waals surface area contributed by atoms with E-state index in [4.69, 9.17) is 4.74 Å². The van der Waals surface area contributed by atoms with E-state index in [-0.39, 0.29) is 24.2 Å².